The van der Waals surface area contributed by atoms with Crippen molar-refractivity contribution in [2.45, 2.75) is 23.9 Å². The summed E-state index contributed by atoms with van der Waals surface area (Å²) < 4.78 is 25.5. The number of sulfonamides is 1. The van der Waals surface area contributed by atoms with Gasteiger partial charge in [0.15, 0.2) is 0 Å². The van der Waals surface area contributed by atoms with Crippen LogP contribution < -0.4 is 10.2 Å². The number of rotatable bonds is 6. The molecule has 2 aromatic rings. The number of carbonyl (C=O) groups excluding carboxylic acids is 2. The smallest absolute Gasteiger partial charge is 0.247 e. The van der Waals surface area contributed by atoms with Crippen molar-refractivity contribution < 1.29 is 18.0 Å². The van der Waals surface area contributed by atoms with Crippen molar-refractivity contribution in [2.75, 3.05) is 30.5 Å². The van der Waals surface area contributed by atoms with Crippen molar-refractivity contribution in [1.29, 1.82) is 0 Å². The molecule has 2 amide bonds. The number of halogens is 1. The molecule has 7 nitrogen and oxygen atoms in total. The molecule has 0 radical (unpaired) electrons. The van der Waals surface area contributed by atoms with Crippen LogP contribution in [0.3, 0.4) is 0 Å². The number of hydrogen-bond acceptors (Lipinski definition) is 5. The van der Waals surface area contributed by atoms with Crippen LogP contribution in [0.1, 0.15) is 12.5 Å². The van der Waals surface area contributed by atoms with Crippen LogP contribution in [0.15, 0.2) is 53.4 Å². The van der Waals surface area contributed by atoms with Crippen molar-refractivity contribution in [3.8, 4) is 0 Å². The quantitative estimate of drug-likeness (QED) is 0.641. The van der Waals surface area contributed by atoms with Gasteiger partial charge >= 0.3 is 0 Å². The standard InChI is InChI=1S/C21H24ClN3O4S2/c1-21(20(27)23-12-15-7-9-16(22)10-8-15)14-24(31(3,28)29)13-19(26)25(21)17-5-4-6-18(11-17)30-2/h4-11H,12-14H2,1-3H3,(H,23,27)/t21-/m0/s1. The van der Waals surface area contributed by atoms with Crippen LogP contribution in [-0.4, -0.2) is 55.7 Å². The van der Waals surface area contributed by atoms with Gasteiger partial charge in [-0.2, -0.15) is 4.31 Å². The second kappa shape index (κ2) is 9.20. The zero-order valence-electron chi connectivity index (χ0n) is 17.5. The van der Waals surface area contributed by atoms with E-state index in [1.807, 2.05) is 24.5 Å². The molecular formula is C21H24ClN3O4S2. The van der Waals surface area contributed by atoms with Crippen molar-refractivity contribution in [3.63, 3.8) is 0 Å². The highest BCUT2D eigenvalue weighted by Crippen LogP contribution is 2.32. The van der Waals surface area contributed by atoms with Crippen LogP contribution in [0, 0.1) is 0 Å². The first-order valence-electron chi connectivity index (χ1n) is 9.49. The molecule has 1 atom stereocenters. The van der Waals surface area contributed by atoms with Crippen LogP contribution in [-0.2, 0) is 26.2 Å². The average molecular weight is 482 g/mol. The van der Waals surface area contributed by atoms with E-state index in [2.05, 4.69) is 5.32 Å². The number of nitrogens with zero attached hydrogens (tertiary/aromatic N) is 2. The molecular weight excluding hydrogens is 458 g/mol. The number of anilines is 1. The molecule has 1 heterocycles. The van der Waals surface area contributed by atoms with Gasteiger partial charge in [0, 0.05) is 28.7 Å². The highest BCUT2D eigenvalue weighted by Gasteiger charge is 2.50. The third kappa shape index (κ3) is 5.23. The normalized spacial score (nSPS) is 20.0. The van der Waals surface area contributed by atoms with Gasteiger partial charge in [0.25, 0.3) is 0 Å². The summed E-state index contributed by atoms with van der Waals surface area (Å²) in [7, 11) is -3.67. The Labute approximate surface area is 191 Å². The molecule has 3 rings (SSSR count). The fourth-order valence-corrected chi connectivity index (χ4v) is 4.94. The first-order valence-corrected chi connectivity index (χ1v) is 12.9. The van der Waals surface area contributed by atoms with E-state index in [9.17, 15) is 18.0 Å². The van der Waals surface area contributed by atoms with E-state index >= 15 is 0 Å². The minimum Gasteiger partial charge on any atom is -0.350 e. The third-order valence-corrected chi connectivity index (χ3v) is 7.35. The lowest BCUT2D eigenvalue weighted by Crippen LogP contribution is -2.70. The monoisotopic (exact) mass is 481 g/mol. The predicted molar refractivity (Wildman–Crippen MR) is 124 cm³/mol. The molecule has 1 fully saturated rings. The number of hydrogen-bond donors (Lipinski definition) is 1. The highest BCUT2D eigenvalue weighted by atomic mass is 35.5. The highest BCUT2D eigenvalue weighted by molar-refractivity contribution is 7.98. The fourth-order valence-electron chi connectivity index (χ4n) is 3.53. The summed E-state index contributed by atoms with van der Waals surface area (Å²) in [5.41, 5.74) is -0.0458. The molecule has 166 valence electrons. The molecule has 2 aromatic carbocycles. The number of thioether (sulfide) groups is 1. The fraction of sp³-hybridized carbons (Fsp3) is 0.333. The molecule has 0 spiro atoms. The first kappa shape index (κ1) is 23.6. The van der Waals surface area contributed by atoms with Crippen molar-refractivity contribution >= 4 is 50.9 Å². The Morgan fingerprint density at radius 1 is 1.23 bits per heavy atom. The minimum atomic E-state index is -3.67. The van der Waals surface area contributed by atoms with Gasteiger partial charge in [-0.05, 0) is 49.1 Å². The SMILES string of the molecule is CSc1cccc(N2C(=O)CN(S(C)(=O)=O)C[C@@]2(C)C(=O)NCc2ccc(Cl)cc2)c1. The number of benzene rings is 2. The Balaban J connectivity index is 1.96. The maximum absolute atomic E-state index is 13.4. The lowest BCUT2D eigenvalue weighted by atomic mass is 9.94. The summed E-state index contributed by atoms with van der Waals surface area (Å²) in [4.78, 5) is 28.8. The van der Waals surface area contributed by atoms with E-state index in [0.717, 1.165) is 21.0 Å². The van der Waals surface area contributed by atoms with Gasteiger partial charge in [-0.1, -0.05) is 29.8 Å². The lowest BCUT2D eigenvalue weighted by molar-refractivity contribution is -0.133. The lowest BCUT2D eigenvalue weighted by Gasteiger charge is -2.46. The average Bonchev–Trinajstić information content (AvgIpc) is 2.72. The molecule has 1 aliphatic heterocycles. The predicted octanol–water partition coefficient (Wildman–Crippen LogP) is 2.75. The Hall–Kier alpha value is -2.07. The molecule has 0 aliphatic carbocycles. The van der Waals surface area contributed by atoms with Gasteiger partial charge in [0.05, 0.1) is 12.8 Å². The summed E-state index contributed by atoms with van der Waals surface area (Å²) in [6.45, 7) is 1.35. The van der Waals surface area contributed by atoms with Gasteiger partial charge in [-0.15, -0.1) is 11.8 Å². The third-order valence-electron chi connectivity index (χ3n) is 5.17. The van der Waals surface area contributed by atoms with Crippen LogP contribution in [0.5, 0.6) is 0 Å². The van der Waals surface area contributed by atoms with E-state index in [1.54, 1.807) is 37.3 Å². The van der Waals surface area contributed by atoms with Crippen LogP contribution in [0.2, 0.25) is 5.02 Å². The van der Waals surface area contributed by atoms with Crippen LogP contribution in [0.4, 0.5) is 5.69 Å². The molecule has 10 heteroatoms. The molecule has 0 unspecified atom stereocenters. The Bertz CT molecular complexity index is 1090. The Morgan fingerprint density at radius 3 is 2.52 bits per heavy atom. The first-order chi connectivity index (χ1) is 14.5. The summed E-state index contributed by atoms with van der Waals surface area (Å²) in [5.74, 6) is -0.905. The number of nitrogens with one attached hydrogen (secondary N) is 1. The molecule has 0 aromatic heterocycles. The topological polar surface area (TPSA) is 86.8 Å². The minimum absolute atomic E-state index is 0.145. The Kier molecular flexibility index (Phi) is 7.00. The molecule has 1 aliphatic rings. The van der Waals surface area contributed by atoms with Gasteiger partial charge in [0.1, 0.15) is 5.54 Å². The van der Waals surface area contributed by atoms with Crippen LogP contribution in [0.25, 0.3) is 0 Å². The maximum Gasteiger partial charge on any atom is 0.247 e. The number of carbonyl (C=O) groups is 2. The zero-order valence-corrected chi connectivity index (χ0v) is 19.9. The van der Waals surface area contributed by atoms with Crippen molar-refractivity contribution in [3.05, 3.63) is 59.1 Å². The second-order valence-electron chi connectivity index (χ2n) is 7.54. The van der Waals surface area contributed by atoms with Gasteiger partial charge in [0.2, 0.25) is 21.8 Å². The summed E-state index contributed by atoms with van der Waals surface area (Å²) in [5, 5.41) is 3.43. The van der Waals surface area contributed by atoms with Gasteiger partial charge in [-0.3, -0.25) is 14.5 Å². The van der Waals surface area contributed by atoms with Gasteiger partial charge < -0.3 is 5.32 Å². The van der Waals surface area contributed by atoms with E-state index in [4.69, 9.17) is 11.6 Å². The van der Waals surface area contributed by atoms with E-state index in [-0.39, 0.29) is 19.6 Å². The van der Waals surface area contributed by atoms with E-state index < -0.39 is 27.4 Å². The Morgan fingerprint density at radius 2 is 1.90 bits per heavy atom. The van der Waals surface area contributed by atoms with Gasteiger partial charge in [-0.25, -0.2) is 8.42 Å². The number of amides is 2. The second-order valence-corrected chi connectivity index (χ2v) is 10.8. The zero-order chi connectivity index (χ0) is 22.8. The van der Waals surface area contributed by atoms with Crippen molar-refractivity contribution in [2.24, 2.45) is 0 Å². The molecule has 0 saturated carbocycles. The molecule has 1 saturated heterocycles. The summed E-state index contributed by atoms with van der Waals surface area (Å²) in [6, 6.07) is 14.3. The summed E-state index contributed by atoms with van der Waals surface area (Å²) >= 11 is 7.42. The maximum atomic E-state index is 13.4. The summed E-state index contributed by atoms with van der Waals surface area (Å²) in [6.07, 6.45) is 2.96. The number of piperazine rings is 1. The largest absolute Gasteiger partial charge is 0.350 e. The molecule has 31 heavy (non-hydrogen) atoms. The van der Waals surface area contributed by atoms with E-state index in [1.165, 1.54) is 16.7 Å². The van der Waals surface area contributed by atoms with Crippen LogP contribution >= 0.6 is 23.4 Å². The van der Waals surface area contributed by atoms with E-state index in [0.29, 0.717) is 10.7 Å². The molecule has 1 N–H and O–H groups in total. The molecule has 0 bridgehead atoms. The van der Waals surface area contributed by atoms with Crippen molar-refractivity contribution in [1.82, 2.24) is 9.62 Å².